The number of aromatic nitrogens is 2. The van der Waals surface area contributed by atoms with Crippen molar-refractivity contribution in [1.29, 1.82) is 0 Å². The largest absolute Gasteiger partial charge is 0.487 e. The summed E-state index contributed by atoms with van der Waals surface area (Å²) >= 11 is 0. The van der Waals surface area contributed by atoms with E-state index in [1.807, 2.05) is 0 Å². The van der Waals surface area contributed by atoms with Crippen molar-refractivity contribution >= 4 is 28.5 Å². The van der Waals surface area contributed by atoms with Gasteiger partial charge in [0.1, 0.15) is 35.3 Å². The van der Waals surface area contributed by atoms with E-state index in [-0.39, 0.29) is 36.3 Å². The fourth-order valence-corrected chi connectivity index (χ4v) is 4.35. The van der Waals surface area contributed by atoms with Gasteiger partial charge in [-0.05, 0) is 73.5 Å². The highest BCUT2D eigenvalue weighted by molar-refractivity contribution is 5.91. The second kappa shape index (κ2) is 14.6. The number of rotatable bonds is 13. The molecule has 0 fully saturated rings. The van der Waals surface area contributed by atoms with Gasteiger partial charge in [0.2, 0.25) is 0 Å². The van der Waals surface area contributed by atoms with E-state index >= 15 is 0 Å². The van der Waals surface area contributed by atoms with Crippen molar-refractivity contribution in [2.45, 2.75) is 20.0 Å². The summed E-state index contributed by atoms with van der Waals surface area (Å²) in [6.45, 7) is 2.20. The number of benzene rings is 3. The molecule has 5 aromatic rings. The number of amides is 2. The molecule has 0 atom stereocenters. The molecule has 0 bridgehead atoms. The first-order chi connectivity index (χ1) is 21.9. The average molecular weight is 613 g/mol. The number of nitrogens with zero attached hydrogens (tertiary/aromatic N) is 1. The van der Waals surface area contributed by atoms with E-state index in [4.69, 9.17) is 14.2 Å². The molecule has 230 valence electrons. The molecule has 9 nitrogen and oxygen atoms in total. The molecule has 2 aromatic heterocycles. The Morgan fingerprint density at radius 1 is 0.933 bits per heavy atom. The Morgan fingerprint density at radius 3 is 2.51 bits per heavy atom. The highest BCUT2D eigenvalue weighted by atomic mass is 19.1. The monoisotopic (exact) mass is 612 g/mol. The molecule has 11 heteroatoms. The molecule has 2 amide bonds. The molecule has 0 aliphatic carbocycles. The lowest BCUT2D eigenvalue weighted by atomic mass is 10.1. The van der Waals surface area contributed by atoms with Gasteiger partial charge in [-0.3, -0.25) is 4.79 Å². The number of allylic oxidation sites excluding steroid dienone is 1. The maximum Gasteiger partial charge on any atom is 0.319 e. The van der Waals surface area contributed by atoms with Crippen LogP contribution in [-0.4, -0.2) is 34.9 Å². The van der Waals surface area contributed by atoms with Crippen LogP contribution in [0.1, 0.15) is 18.2 Å². The molecule has 3 aromatic carbocycles. The molecule has 5 rings (SSSR count). The van der Waals surface area contributed by atoms with E-state index in [2.05, 4.69) is 20.6 Å². The van der Waals surface area contributed by atoms with Gasteiger partial charge < -0.3 is 29.8 Å². The molecule has 0 saturated carbocycles. The minimum atomic E-state index is -0.669. The van der Waals surface area contributed by atoms with E-state index in [0.717, 1.165) is 11.6 Å². The number of aromatic amines is 1. The summed E-state index contributed by atoms with van der Waals surface area (Å²) in [7, 11) is 0. The zero-order valence-corrected chi connectivity index (χ0v) is 24.3. The molecule has 45 heavy (non-hydrogen) atoms. The average Bonchev–Trinajstić information content (AvgIpc) is 3.46. The Labute approximate surface area is 257 Å². The van der Waals surface area contributed by atoms with Gasteiger partial charge in [-0.15, -0.1) is 0 Å². The zero-order valence-electron chi connectivity index (χ0n) is 24.3. The number of anilines is 1. The fourth-order valence-electron chi connectivity index (χ4n) is 4.35. The molecular weight excluding hydrogens is 582 g/mol. The number of urea groups is 1. The number of carbonyl (C=O) groups excluding carboxylic acids is 2. The summed E-state index contributed by atoms with van der Waals surface area (Å²) in [4.78, 5) is 31.4. The Kier molecular flexibility index (Phi) is 10.0. The van der Waals surface area contributed by atoms with Crippen LogP contribution in [0.15, 0.2) is 97.2 Å². The Hall–Kier alpha value is -5.71. The smallest absolute Gasteiger partial charge is 0.319 e. The summed E-state index contributed by atoms with van der Waals surface area (Å²) in [5, 5.41) is 5.90. The first-order valence-corrected chi connectivity index (χ1v) is 14.1. The third-order valence-corrected chi connectivity index (χ3v) is 6.50. The van der Waals surface area contributed by atoms with Crippen molar-refractivity contribution < 1.29 is 32.6 Å². The highest BCUT2D eigenvalue weighted by Crippen LogP contribution is 2.32. The van der Waals surface area contributed by atoms with Gasteiger partial charge in [0.15, 0.2) is 24.0 Å². The summed E-state index contributed by atoms with van der Waals surface area (Å²) in [5.41, 5.74) is 2.36. The van der Waals surface area contributed by atoms with Crippen LogP contribution in [0.3, 0.4) is 0 Å². The minimum absolute atomic E-state index is 0.0338. The van der Waals surface area contributed by atoms with Gasteiger partial charge in [-0.25, -0.2) is 18.6 Å². The molecule has 0 unspecified atom stereocenters. The Morgan fingerprint density at radius 2 is 1.73 bits per heavy atom. The minimum Gasteiger partial charge on any atom is -0.487 e. The highest BCUT2D eigenvalue weighted by Gasteiger charge is 2.13. The molecule has 0 aliphatic heterocycles. The van der Waals surface area contributed by atoms with Gasteiger partial charge in [-0.2, -0.15) is 0 Å². The van der Waals surface area contributed by atoms with E-state index in [0.29, 0.717) is 46.9 Å². The van der Waals surface area contributed by atoms with Crippen molar-refractivity contribution in [3.8, 4) is 23.0 Å². The van der Waals surface area contributed by atoms with E-state index in [9.17, 15) is 18.4 Å². The van der Waals surface area contributed by atoms with Gasteiger partial charge in [0.25, 0.3) is 0 Å². The van der Waals surface area contributed by atoms with Crippen LogP contribution in [0.2, 0.25) is 0 Å². The first kappa shape index (κ1) is 30.7. The molecule has 0 saturated heterocycles. The predicted molar refractivity (Wildman–Crippen MR) is 166 cm³/mol. The number of hydrogen-bond acceptors (Lipinski definition) is 6. The quantitative estimate of drug-likeness (QED) is 0.122. The number of pyridine rings is 1. The van der Waals surface area contributed by atoms with Crippen molar-refractivity contribution in [3.63, 3.8) is 0 Å². The Balaban J connectivity index is 1.17. The molecule has 0 spiro atoms. The first-order valence-electron chi connectivity index (χ1n) is 14.1. The van der Waals surface area contributed by atoms with Crippen molar-refractivity contribution in [3.05, 3.63) is 120 Å². The molecular formula is C34H30F2N4O5. The number of hydrogen-bond donors (Lipinski definition) is 3. The van der Waals surface area contributed by atoms with Crippen LogP contribution < -0.4 is 24.8 Å². The number of ketones is 1. The maximum atomic E-state index is 15.0. The van der Waals surface area contributed by atoms with Gasteiger partial charge in [-0.1, -0.05) is 24.3 Å². The van der Waals surface area contributed by atoms with Crippen molar-refractivity contribution in [2.24, 2.45) is 0 Å². The summed E-state index contributed by atoms with van der Waals surface area (Å²) in [6, 6.07) is 20.0. The summed E-state index contributed by atoms with van der Waals surface area (Å²) in [5.74, 6) is 0.264. The topological polar surface area (TPSA) is 115 Å². The number of nitrogens with one attached hydrogen (secondary N) is 3. The van der Waals surface area contributed by atoms with Crippen LogP contribution in [0.4, 0.5) is 19.3 Å². The second-order valence-corrected chi connectivity index (χ2v) is 9.89. The number of halogens is 2. The van der Waals surface area contributed by atoms with Gasteiger partial charge in [0, 0.05) is 30.6 Å². The van der Waals surface area contributed by atoms with Crippen LogP contribution in [0.5, 0.6) is 23.0 Å². The Bertz CT molecular complexity index is 1820. The normalized spacial score (nSPS) is 11.0. The van der Waals surface area contributed by atoms with Crippen LogP contribution >= 0.6 is 0 Å². The van der Waals surface area contributed by atoms with E-state index in [1.165, 1.54) is 30.3 Å². The molecule has 0 aliphatic rings. The third kappa shape index (κ3) is 8.66. The number of carbonyl (C=O) groups is 2. The predicted octanol–water partition coefficient (Wildman–Crippen LogP) is 7.10. The van der Waals surface area contributed by atoms with Gasteiger partial charge >= 0.3 is 6.03 Å². The van der Waals surface area contributed by atoms with E-state index in [1.54, 1.807) is 67.7 Å². The van der Waals surface area contributed by atoms with Crippen molar-refractivity contribution in [1.82, 2.24) is 15.3 Å². The van der Waals surface area contributed by atoms with Crippen LogP contribution in [0.25, 0.3) is 11.0 Å². The van der Waals surface area contributed by atoms with Crippen LogP contribution in [-0.2, 0) is 17.8 Å². The maximum absolute atomic E-state index is 15.0. The van der Waals surface area contributed by atoms with Crippen LogP contribution in [0, 0.1) is 11.6 Å². The molecule has 0 radical (unpaired) electrons. The lowest BCUT2D eigenvalue weighted by Gasteiger charge is -2.11. The van der Waals surface area contributed by atoms with Gasteiger partial charge in [0.05, 0.1) is 11.1 Å². The SMILES string of the molecule is CC=CC(=O)COc1cccc(OCc2cc3c(Oc4ccc(NC(=O)NCCc5ccc(F)cc5)cc4F)ccnc3[nH]2)c1. The fraction of sp³-hybridized carbons (Fsp3) is 0.147. The number of ether oxygens (including phenoxy) is 3. The second-order valence-electron chi connectivity index (χ2n) is 9.89. The van der Waals surface area contributed by atoms with Crippen molar-refractivity contribution in [2.75, 3.05) is 18.5 Å². The number of fused-ring (bicyclic) bond motifs is 1. The van der Waals surface area contributed by atoms with E-state index < -0.39 is 11.8 Å². The summed E-state index contributed by atoms with van der Waals surface area (Å²) in [6.07, 6.45) is 5.17. The molecule has 2 heterocycles. The zero-order chi connectivity index (χ0) is 31.6. The molecule has 3 N–H and O–H groups in total. The summed E-state index contributed by atoms with van der Waals surface area (Å²) < 4.78 is 45.3. The number of H-pyrrole nitrogens is 1. The lowest BCUT2D eigenvalue weighted by molar-refractivity contribution is -0.116. The third-order valence-electron chi connectivity index (χ3n) is 6.50. The lowest BCUT2D eigenvalue weighted by Crippen LogP contribution is -2.30. The standard InChI is InChI=1S/C34H30F2N4O5/c1-2-4-26(41)21-44-28-6-3-5-27(19-28)43-20-25-17-29-31(14-16-37-33(29)39-25)45-32-12-11-24(18-30(32)36)40-34(42)38-15-13-22-7-9-23(35)10-8-22/h2-12,14,16-19H,13,15,20-21H2,1H3,(H,37,39)(H2,38,40,42).